The van der Waals surface area contributed by atoms with Crippen LogP contribution in [0.25, 0.3) is 0 Å². The number of hydrogen-bond donors (Lipinski definition) is 0. The first-order chi connectivity index (χ1) is 17.2. The second-order valence-corrected chi connectivity index (χ2v) is 8.40. The SMILES string of the molecule is COc1cccc(C2C3C(=Nc4ncnn42)c2ccccc2OC3c2ccc(OC)c(OC)c2)c1. The molecule has 8 nitrogen and oxygen atoms in total. The van der Waals surface area contributed by atoms with Crippen LogP contribution in [-0.2, 0) is 0 Å². The monoisotopic (exact) mass is 468 g/mol. The lowest BCUT2D eigenvalue weighted by Crippen LogP contribution is -2.41. The van der Waals surface area contributed by atoms with E-state index < -0.39 is 0 Å². The standard InChI is InChI=1S/C27H24N4O4/c1-32-18-8-6-7-16(13-18)25-23-24(30-27-28-15-29-31(25)27)19-9-4-5-10-20(19)35-26(23)17-11-12-21(33-2)22(14-17)34-3/h4-15,23,25-26H,1-3H3. The van der Waals surface area contributed by atoms with Crippen LogP contribution in [0.5, 0.6) is 23.0 Å². The van der Waals surface area contributed by atoms with Crippen molar-refractivity contribution in [1.29, 1.82) is 0 Å². The van der Waals surface area contributed by atoms with Gasteiger partial charge in [0.1, 0.15) is 23.9 Å². The Morgan fingerprint density at radius 1 is 0.829 bits per heavy atom. The lowest BCUT2D eigenvalue weighted by Gasteiger charge is -2.41. The second-order valence-electron chi connectivity index (χ2n) is 8.40. The highest BCUT2D eigenvalue weighted by Gasteiger charge is 2.46. The summed E-state index contributed by atoms with van der Waals surface area (Å²) in [5, 5.41) is 4.56. The van der Waals surface area contributed by atoms with E-state index in [1.165, 1.54) is 0 Å². The summed E-state index contributed by atoms with van der Waals surface area (Å²) in [4.78, 5) is 9.42. The molecule has 35 heavy (non-hydrogen) atoms. The van der Waals surface area contributed by atoms with Gasteiger partial charge in [-0.05, 0) is 47.5 Å². The molecule has 0 aliphatic carbocycles. The molecule has 1 aromatic heterocycles. The third kappa shape index (κ3) is 3.41. The Bertz CT molecular complexity index is 1430. The lowest BCUT2D eigenvalue weighted by atomic mass is 9.77. The smallest absolute Gasteiger partial charge is 0.248 e. The number of aromatic nitrogens is 3. The zero-order valence-electron chi connectivity index (χ0n) is 19.6. The zero-order valence-corrected chi connectivity index (χ0v) is 19.6. The van der Waals surface area contributed by atoms with Crippen LogP contribution in [0.3, 0.4) is 0 Å². The van der Waals surface area contributed by atoms with Crippen molar-refractivity contribution >= 4 is 11.7 Å². The van der Waals surface area contributed by atoms with Gasteiger partial charge in [0.25, 0.3) is 0 Å². The molecule has 8 heteroatoms. The Labute approximate surface area is 202 Å². The first kappa shape index (κ1) is 21.2. The Hall–Kier alpha value is -4.33. The van der Waals surface area contributed by atoms with Gasteiger partial charge in [0.15, 0.2) is 11.5 Å². The molecule has 3 heterocycles. The van der Waals surface area contributed by atoms with Gasteiger partial charge in [-0.15, -0.1) is 0 Å². The average molecular weight is 469 g/mol. The fraction of sp³-hybridized carbons (Fsp3) is 0.222. The van der Waals surface area contributed by atoms with Crippen LogP contribution in [0, 0.1) is 5.92 Å². The molecule has 0 saturated heterocycles. The van der Waals surface area contributed by atoms with E-state index in [-0.39, 0.29) is 18.1 Å². The largest absolute Gasteiger partial charge is 0.497 e. The quantitative estimate of drug-likeness (QED) is 0.420. The second kappa shape index (κ2) is 8.47. The van der Waals surface area contributed by atoms with E-state index in [1.807, 2.05) is 65.3 Å². The highest BCUT2D eigenvalue weighted by atomic mass is 16.5. The number of nitrogens with zero attached hydrogens (tertiary/aromatic N) is 4. The minimum Gasteiger partial charge on any atom is -0.497 e. The van der Waals surface area contributed by atoms with E-state index in [4.69, 9.17) is 23.9 Å². The summed E-state index contributed by atoms with van der Waals surface area (Å²) < 4.78 is 25.2. The molecule has 0 amide bonds. The maximum atomic E-state index is 6.69. The van der Waals surface area contributed by atoms with Gasteiger partial charge < -0.3 is 18.9 Å². The molecule has 0 N–H and O–H groups in total. The average Bonchev–Trinajstić information content (AvgIpc) is 3.39. The molecule has 0 saturated carbocycles. The number of para-hydroxylation sites is 1. The minimum absolute atomic E-state index is 0.190. The van der Waals surface area contributed by atoms with E-state index in [2.05, 4.69) is 16.1 Å². The topological polar surface area (TPSA) is 80.0 Å². The van der Waals surface area contributed by atoms with Crippen molar-refractivity contribution in [2.24, 2.45) is 10.9 Å². The van der Waals surface area contributed by atoms with E-state index in [1.54, 1.807) is 27.7 Å². The van der Waals surface area contributed by atoms with Crippen molar-refractivity contribution in [3.05, 3.63) is 89.7 Å². The molecule has 3 atom stereocenters. The first-order valence-electron chi connectivity index (χ1n) is 11.3. The van der Waals surface area contributed by atoms with Crippen molar-refractivity contribution in [2.45, 2.75) is 12.1 Å². The molecule has 0 fully saturated rings. The molecule has 3 aromatic carbocycles. The molecule has 176 valence electrons. The van der Waals surface area contributed by atoms with E-state index in [0.29, 0.717) is 17.4 Å². The highest BCUT2D eigenvalue weighted by Crippen LogP contribution is 2.50. The van der Waals surface area contributed by atoms with Gasteiger partial charge in [-0.2, -0.15) is 10.1 Å². The summed E-state index contributed by atoms with van der Waals surface area (Å²) >= 11 is 0. The molecule has 6 rings (SSSR count). The number of benzene rings is 3. The van der Waals surface area contributed by atoms with Gasteiger partial charge in [0.2, 0.25) is 5.95 Å². The summed E-state index contributed by atoms with van der Waals surface area (Å²) in [6.07, 6.45) is 1.18. The molecule has 2 aliphatic heterocycles. The number of fused-ring (bicyclic) bond motifs is 4. The van der Waals surface area contributed by atoms with E-state index in [9.17, 15) is 0 Å². The van der Waals surface area contributed by atoms with Gasteiger partial charge in [0, 0.05) is 5.56 Å². The maximum Gasteiger partial charge on any atom is 0.248 e. The Morgan fingerprint density at radius 3 is 2.51 bits per heavy atom. The van der Waals surface area contributed by atoms with Crippen LogP contribution >= 0.6 is 0 Å². The maximum absolute atomic E-state index is 6.69. The summed E-state index contributed by atoms with van der Waals surface area (Å²) in [5.74, 6) is 3.22. The molecule has 0 bridgehead atoms. The van der Waals surface area contributed by atoms with Crippen molar-refractivity contribution in [2.75, 3.05) is 21.3 Å². The molecule has 0 radical (unpaired) electrons. The molecule has 3 unspecified atom stereocenters. The van der Waals surface area contributed by atoms with Crippen LogP contribution in [0.4, 0.5) is 5.95 Å². The minimum atomic E-state index is -0.364. The fourth-order valence-electron chi connectivity index (χ4n) is 5.02. The van der Waals surface area contributed by atoms with Gasteiger partial charge in [-0.3, -0.25) is 0 Å². The van der Waals surface area contributed by atoms with Crippen molar-refractivity contribution in [1.82, 2.24) is 14.8 Å². The number of methoxy groups -OCH3 is 3. The third-order valence-corrected chi connectivity index (χ3v) is 6.61. The molecular formula is C27H24N4O4. The van der Waals surface area contributed by atoms with Gasteiger partial charge >= 0.3 is 0 Å². The van der Waals surface area contributed by atoms with Crippen molar-refractivity contribution in [3.63, 3.8) is 0 Å². The molecular weight excluding hydrogens is 444 g/mol. The Balaban J connectivity index is 1.58. The van der Waals surface area contributed by atoms with Crippen LogP contribution in [-0.4, -0.2) is 41.8 Å². The van der Waals surface area contributed by atoms with Gasteiger partial charge in [0.05, 0.1) is 39.0 Å². The summed E-state index contributed by atoms with van der Waals surface area (Å²) in [6, 6.07) is 21.7. The fourth-order valence-corrected chi connectivity index (χ4v) is 5.02. The Morgan fingerprint density at radius 2 is 1.69 bits per heavy atom. The lowest BCUT2D eigenvalue weighted by molar-refractivity contribution is 0.131. The number of hydrogen-bond acceptors (Lipinski definition) is 7. The van der Waals surface area contributed by atoms with Crippen LogP contribution in [0.2, 0.25) is 0 Å². The van der Waals surface area contributed by atoms with Gasteiger partial charge in [-0.1, -0.05) is 30.3 Å². The highest BCUT2D eigenvalue weighted by molar-refractivity contribution is 6.07. The zero-order chi connectivity index (χ0) is 23.9. The number of aliphatic imine (C=N–C) groups is 1. The predicted molar refractivity (Wildman–Crippen MR) is 130 cm³/mol. The van der Waals surface area contributed by atoms with Crippen LogP contribution in [0.15, 0.2) is 78.0 Å². The molecule has 4 aromatic rings. The number of rotatable bonds is 5. The molecule has 2 aliphatic rings. The van der Waals surface area contributed by atoms with E-state index in [0.717, 1.165) is 33.9 Å². The van der Waals surface area contributed by atoms with Crippen LogP contribution < -0.4 is 18.9 Å². The summed E-state index contributed by atoms with van der Waals surface area (Å²) in [7, 11) is 4.93. The molecule has 0 spiro atoms. The summed E-state index contributed by atoms with van der Waals surface area (Å²) in [5.41, 5.74) is 3.85. The Kier molecular flexibility index (Phi) is 5.13. The van der Waals surface area contributed by atoms with Crippen molar-refractivity contribution in [3.8, 4) is 23.0 Å². The number of ether oxygens (including phenoxy) is 4. The van der Waals surface area contributed by atoms with Gasteiger partial charge in [-0.25, -0.2) is 9.67 Å². The summed E-state index contributed by atoms with van der Waals surface area (Å²) in [6.45, 7) is 0. The van der Waals surface area contributed by atoms with Crippen molar-refractivity contribution < 1.29 is 18.9 Å². The van der Waals surface area contributed by atoms with E-state index >= 15 is 0 Å². The normalized spacial score (nSPS) is 20.0. The first-order valence-corrected chi connectivity index (χ1v) is 11.3. The predicted octanol–water partition coefficient (Wildman–Crippen LogP) is 4.78. The third-order valence-electron chi connectivity index (χ3n) is 6.61. The van der Waals surface area contributed by atoms with Crippen LogP contribution in [0.1, 0.15) is 28.8 Å².